The average molecular weight is 222 g/mol. The molecule has 0 aliphatic carbocycles. The Morgan fingerprint density at radius 1 is 1.64 bits per heavy atom. The number of nitrogens with two attached hydrogens (primary N) is 1. The van der Waals surface area contributed by atoms with Crippen LogP contribution in [-0.2, 0) is 19.6 Å². The van der Waals surface area contributed by atoms with E-state index in [-0.39, 0.29) is 13.2 Å². The first-order chi connectivity index (χ1) is 6.26. The molecule has 82 valence electrons. The molecule has 1 rings (SSSR count). The van der Waals surface area contributed by atoms with E-state index >= 15 is 0 Å². The third-order valence-corrected chi connectivity index (χ3v) is 2.87. The smallest absolute Gasteiger partial charge is 0.243 e. The lowest BCUT2D eigenvalue weighted by molar-refractivity contribution is -0.128. The van der Waals surface area contributed by atoms with E-state index in [4.69, 9.17) is 10.5 Å². The monoisotopic (exact) mass is 222 g/mol. The molecule has 3 N–H and O–H groups in total. The topological polar surface area (TPSA) is 98.5 Å². The van der Waals surface area contributed by atoms with Gasteiger partial charge in [0.1, 0.15) is 0 Å². The van der Waals surface area contributed by atoms with Gasteiger partial charge >= 0.3 is 0 Å². The van der Waals surface area contributed by atoms with Crippen LogP contribution < -0.4 is 10.5 Å². The van der Waals surface area contributed by atoms with Crippen molar-refractivity contribution in [1.29, 1.82) is 0 Å². The fourth-order valence-corrected chi connectivity index (χ4v) is 1.78. The first-order valence-corrected chi connectivity index (χ1v) is 6.00. The molecule has 0 aromatic heterocycles. The summed E-state index contributed by atoms with van der Waals surface area (Å²) < 4.78 is 28.6. The van der Waals surface area contributed by atoms with E-state index in [0.29, 0.717) is 0 Å². The minimum Gasteiger partial charge on any atom is -0.379 e. The van der Waals surface area contributed by atoms with Gasteiger partial charge in [-0.15, -0.1) is 0 Å². The zero-order valence-corrected chi connectivity index (χ0v) is 8.93. The fraction of sp³-hybridized carbons (Fsp3) is 0.857. The zero-order chi connectivity index (χ0) is 11.0. The van der Waals surface area contributed by atoms with Crippen molar-refractivity contribution < 1.29 is 17.9 Å². The first-order valence-electron chi connectivity index (χ1n) is 4.11. The molecule has 7 heteroatoms. The third kappa shape index (κ3) is 2.23. The maximum Gasteiger partial charge on any atom is 0.243 e. The van der Waals surface area contributed by atoms with Crippen LogP contribution >= 0.6 is 0 Å². The van der Waals surface area contributed by atoms with Gasteiger partial charge in [0.15, 0.2) is 0 Å². The van der Waals surface area contributed by atoms with Gasteiger partial charge in [-0.1, -0.05) is 0 Å². The maximum atomic E-state index is 11.5. The van der Waals surface area contributed by atoms with Gasteiger partial charge < -0.3 is 10.5 Å². The lowest BCUT2D eigenvalue weighted by atomic mass is 9.85. The molecule has 2 unspecified atom stereocenters. The molecule has 0 aromatic rings. The first kappa shape index (κ1) is 11.4. The normalized spacial score (nSPS) is 32.9. The summed E-state index contributed by atoms with van der Waals surface area (Å²) in [5, 5.41) is 0. The number of hydrogen-bond donors (Lipinski definition) is 2. The van der Waals surface area contributed by atoms with Gasteiger partial charge in [0.2, 0.25) is 15.9 Å². The van der Waals surface area contributed by atoms with Gasteiger partial charge in [0.25, 0.3) is 0 Å². The molecule has 0 saturated carbocycles. The van der Waals surface area contributed by atoms with Gasteiger partial charge in [-0.25, -0.2) is 8.42 Å². The second-order valence-corrected chi connectivity index (χ2v) is 5.49. The highest BCUT2D eigenvalue weighted by molar-refractivity contribution is 7.89. The van der Waals surface area contributed by atoms with Crippen LogP contribution in [0.5, 0.6) is 0 Å². The van der Waals surface area contributed by atoms with Crippen molar-refractivity contribution in [3.8, 4) is 0 Å². The SMILES string of the molecule is CC1(C(=O)NS(C)(=O)=O)COCC1N. The van der Waals surface area contributed by atoms with Crippen molar-refractivity contribution in [2.24, 2.45) is 11.1 Å². The summed E-state index contributed by atoms with van der Waals surface area (Å²) in [6, 6.07) is -0.468. The molecule has 0 radical (unpaired) electrons. The lowest BCUT2D eigenvalue weighted by Gasteiger charge is -2.24. The minimum atomic E-state index is -3.53. The molecule has 6 nitrogen and oxygen atoms in total. The Labute approximate surface area is 82.8 Å². The molecule has 1 aliphatic rings. The van der Waals surface area contributed by atoms with Gasteiger partial charge in [-0.3, -0.25) is 9.52 Å². The Morgan fingerprint density at radius 3 is 2.57 bits per heavy atom. The van der Waals surface area contributed by atoms with Gasteiger partial charge in [0, 0.05) is 6.04 Å². The predicted molar refractivity (Wildman–Crippen MR) is 49.9 cm³/mol. The van der Waals surface area contributed by atoms with Crippen LogP contribution in [-0.4, -0.2) is 39.8 Å². The molecule has 1 aliphatic heterocycles. The highest BCUT2D eigenvalue weighted by atomic mass is 32.2. The quantitative estimate of drug-likeness (QED) is 0.588. The Morgan fingerprint density at radius 2 is 2.21 bits per heavy atom. The van der Waals surface area contributed by atoms with Crippen LogP contribution in [0.1, 0.15) is 6.92 Å². The number of amides is 1. The Bertz CT molecular complexity index is 340. The summed E-state index contributed by atoms with van der Waals surface area (Å²) in [7, 11) is -3.53. The van der Waals surface area contributed by atoms with Crippen LogP contribution in [0.2, 0.25) is 0 Å². The highest BCUT2D eigenvalue weighted by Gasteiger charge is 2.45. The maximum absolute atomic E-state index is 11.5. The van der Waals surface area contributed by atoms with E-state index in [0.717, 1.165) is 6.26 Å². The van der Waals surface area contributed by atoms with Crippen LogP contribution in [0.4, 0.5) is 0 Å². The number of nitrogens with one attached hydrogen (secondary N) is 1. The van der Waals surface area contributed by atoms with Gasteiger partial charge in [-0.2, -0.15) is 0 Å². The van der Waals surface area contributed by atoms with E-state index < -0.39 is 27.4 Å². The Hall–Kier alpha value is -0.660. The zero-order valence-electron chi connectivity index (χ0n) is 8.11. The fourth-order valence-electron chi connectivity index (χ4n) is 1.21. The minimum absolute atomic E-state index is 0.148. The standard InChI is InChI=1S/C7H14N2O4S/c1-7(4-13-3-5(7)8)6(10)9-14(2,11)12/h5H,3-4,8H2,1-2H3,(H,9,10). The van der Waals surface area contributed by atoms with Crippen LogP contribution in [0.25, 0.3) is 0 Å². The van der Waals surface area contributed by atoms with Gasteiger partial charge in [0.05, 0.1) is 24.9 Å². The van der Waals surface area contributed by atoms with Crippen molar-refractivity contribution in [3.63, 3.8) is 0 Å². The van der Waals surface area contributed by atoms with Crippen LogP contribution in [0.3, 0.4) is 0 Å². The number of carbonyl (C=O) groups is 1. The molecule has 0 aromatic carbocycles. The molecule has 2 atom stereocenters. The number of rotatable bonds is 2. The molecule has 1 amide bonds. The molecule has 1 saturated heterocycles. The summed E-state index contributed by atoms with van der Waals surface area (Å²) in [4.78, 5) is 11.5. The highest BCUT2D eigenvalue weighted by Crippen LogP contribution is 2.27. The van der Waals surface area contributed by atoms with Crippen molar-refractivity contribution in [3.05, 3.63) is 0 Å². The number of ether oxygens (including phenoxy) is 1. The second-order valence-electron chi connectivity index (χ2n) is 3.74. The summed E-state index contributed by atoms with van der Waals surface area (Å²) in [5.74, 6) is -0.606. The molecule has 0 bridgehead atoms. The van der Waals surface area contributed by atoms with Crippen LogP contribution in [0.15, 0.2) is 0 Å². The summed E-state index contributed by atoms with van der Waals surface area (Å²) in [5.41, 5.74) is 4.70. The Kier molecular flexibility index (Phi) is 2.84. The molecule has 14 heavy (non-hydrogen) atoms. The third-order valence-electron chi connectivity index (χ3n) is 2.31. The number of sulfonamides is 1. The molecule has 0 spiro atoms. The molecule has 1 heterocycles. The largest absolute Gasteiger partial charge is 0.379 e. The predicted octanol–water partition coefficient (Wildman–Crippen LogP) is -1.57. The Balaban J connectivity index is 2.78. The van der Waals surface area contributed by atoms with Crippen molar-refractivity contribution in [2.75, 3.05) is 19.5 Å². The molecular formula is C7H14N2O4S. The lowest BCUT2D eigenvalue weighted by Crippen LogP contribution is -2.51. The van der Waals surface area contributed by atoms with Crippen LogP contribution in [0, 0.1) is 5.41 Å². The van der Waals surface area contributed by atoms with E-state index in [1.165, 1.54) is 0 Å². The van der Waals surface area contributed by atoms with E-state index in [1.807, 2.05) is 4.72 Å². The summed E-state index contributed by atoms with van der Waals surface area (Å²) in [6.07, 6.45) is 0.926. The van der Waals surface area contributed by atoms with E-state index in [1.54, 1.807) is 6.92 Å². The average Bonchev–Trinajstić information content (AvgIpc) is 2.30. The van der Waals surface area contributed by atoms with Gasteiger partial charge in [-0.05, 0) is 6.92 Å². The molecular weight excluding hydrogens is 208 g/mol. The van der Waals surface area contributed by atoms with E-state index in [9.17, 15) is 13.2 Å². The second kappa shape index (κ2) is 3.48. The van der Waals surface area contributed by atoms with Crippen molar-refractivity contribution >= 4 is 15.9 Å². The molecule has 1 fully saturated rings. The summed E-state index contributed by atoms with van der Waals surface area (Å²) in [6.45, 7) is 2.01. The van der Waals surface area contributed by atoms with Crippen molar-refractivity contribution in [2.45, 2.75) is 13.0 Å². The van der Waals surface area contributed by atoms with E-state index in [2.05, 4.69) is 0 Å². The number of hydrogen-bond acceptors (Lipinski definition) is 5. The van der Waals surface area contributed by atoms with Crippen molar-refractivity contribution in [1.82, 2.24) is 4.72 Å². The number of carbonyl (C=O) groups excluding carboxylic acids is 1. The summed E-state index contributed by atoms with van der Waals surface area (Å²) >= 11 is 0.